The Morgan fingerprint density at radius 2 is 2.24 bits per heavy atom. The molecule has 2 unspecified atom stereocenters. The third kappa shape index (κ3) is 3.41. The van der Waals surface area contributed by atoms with Crippen molar-refractivity contribution in [3.05, 3.63) is 23.5 Å². The predicted octanol–water partition coefficient (Wildman–Crippen LogP) is 1.49. The minimum Gasteiger partial charge on any atom is -0.506 e. The molecule has 1 aliphatic carbocycles. The quantitative estimate of drug-likeness (QED) is 0.744. The minimum atomic E-state index is -0.180. The predicted molar refractivity (Wildman–Crippen MR) is 65.7 cm³/mol. The molecule has 4 heteroatoms. The van der Waals surface area contributed by atoms with Gasteiger partial charge in [0.25, 0.3) is 0 Å². The van der Waals surface area contributed by atoms with Crippen molar-refractivity contribution in [1.82, 2.24) is 10.3 Å². The van der Waals surface area contributed by atoms with E-state index in [-0.39, 0.29) is 11.9 Å². The lowest BCUT2D eigenvalue weighted by molar-refractivity contribution is 0.111. The largest absolute Gasteiger partial charge is 0.506 e. The van der Waals surface area contributed by atoms with Crippen molar-refractivity contribution < 1.29 is 10.2 Å². The lowest BCUT2D eigenvalue weighted by atomic mass is 9.93. The van der Waals surface area contributed by atoms with Crippen molar-refractivity contribution in [3.63, 3.8) is 0 Å². The van der Waals surface area contributed by atoms with Crippen LogP contribution in [0.4, 0.5) is 0 Å². The topological polar surface area (TPSA) is 65.4 Å². The van der Waals surface area contributed by atoms with E-state index in [0.717, 1.165) is 31.4 Å². The first-order valence-electron chi connectivity index (χ1n) is 6.22. The third-order valence-electron chi connectivity index (χ3n) is 3.29. The molecule has 0 bridgehead atoms. The van der Waals surface area contributed by atoms with Crippen molar-refractivity contribution in [2.45, 2.75) is 51.3 Å². The fourth-order valence-corrected chi connectivity index (χ4v) is 2.32. The van der Waals surface area contributed by atoms with E-state index >= 15 is 0 Å². The zero-order valence-electron chi connectivity index (χ0n) is 10.2. The van der Waals surface area contributed by atoms with E-state index < -0.39 is 0 Å². The summed E-state index contributed by atoms with van der Waals surface area (Å²) in [4.78, 5) is 4.30. The second-order valence-electron chi connectivity index (χ2n) is 4.82. The van der Waals surface area contributed by atoms with Gasteiger partial charge in [0.2, 0.25) is 0 Å². The maximum absolute atomic E-state index is 9.66. The summed E-state index contributed by atoms with van der Waals surface area (Å²) < 4.78 is 0. The highest BCUT2D eigenvalue weighted by Gasteiger charge is 2.19. The monoisotopic (exact) mass is 236 g/mol. The van der Waals surface area contributed by atoms with Gasteiger partial charge in [-0.25, -0.2) is 0 Å². The smallest absolute Gasteiger partial charge is 0.138 e. The number of aliphatic hydroxyl groups is 1. The van der Waals surface area contributed by atoms with Crippen molar-refractivity contribution in [2.24, 2.45) is 0 Å². The van der Waals surface area contributed by atoms with E-state index in [1.165, 1.54) is 0 Å². The number of rotatable bonds is 3. The van der Waals surface area contributed by atoms with E-state index in [4.69, 9.17) is 0 Å². The second kappa shape index (κ2) is 5.47. The van der Waals surface area contributed by atoms with Gasteiger partial charge < -0.3 is 15.5 Å². The van der Waals surface area contributed by atoms with Crippen LogP contribution < -0.4 is 5.32 Å². The Labute approximate surface area is 102 Å². The summed E-state index contributed by atoms with van der Waals surface area (Å²) in [5, 5.41) is 22.6. The Bertz CT molecular complexity index is 382. The maximum atomic E-state index is 9.66. The normalized spacial score (nSPS) is 24.8. The number of aromatic hydroxyl groups is 1. The molecule has 17 heavy (non-hydrogen) atoms. The third-order valence-corrected chi connectivity index (χ3v) is 3.29. The summed E-state index contributed by atoms with van der Waals surface area (Å²) in [7, 11) is 0. The molecule has 94 valence electrons. The molecular weight excluding hydrogens is 216 g/mol. The Morgan fingerprint density at radius 3 is 3.00 bits per heavy atom. The summed E-state index contributed by atoms with van der Waals surface area (Å²) in [6.45, 7) is 2.47. The van der Waals surface area contributed by atoms with Crippen molar-refractivity contribution >= 4 is 0 Å². The zero-order chi connectivity index (χ0) is 12.3. The SMILES string of the molecule is Cc1ccc(O)c(CNC2CCCC(O)C2)n1. The molecule has 1 aromatic heterocycles. The molecule has 0 aliphatic heterocycles. The second-order valence-corrected chi connectivity index (χ2v) is 4.82. The van der Waals surface area contributed by atoms with Crippen molar-refractivity contribution in [1.29, 1.82) is 0 Å². The van der Waals surface area contributed by atoms with Gasteiger partial charge in [0, 0.05) is 18.3 Å². The van der Waals surface area contributed by atoms with E-state index in [2.05, 4.69) is 10.3 Å². The van der Waals surface area contributed by atoms with Crippen LogP contribution >= 0.6 is 0 Å². The molecule has 2 rings (SSSR count). The fourth-order valence-electron chi connectivity index (χ4n) is 2.32. The number of hydrogen-bond donors (Lipinski definition) is 3. The molecule has 1 heterocycles. The minimum absolute atomic E-state index is 0.180. The van der Waals surface area contributed by atoms with Crippen LogP contribution in [0.15, 0.2) is 12.1 Å². The molecule has 3 N–H and O–H groups in total. The lowest BCUT2D eigenvalue weighted by Crippen LogP contribution is -2.35. The standard InChI is InChI=1S/C13H20N2O2/c1-9-5-6-13(17)12(15-9)8-14-10-3-2-4-11(16)7-10/h5-6,10-11,14,16-17H,2-4,7-8H2,1H3. The highest BCUT2D eigenvalue weighted by atomic mass is 16.3. The van der Waals surface area contributed by atoms with Crippen LogP contribution in [-0.4, -0.2) is 27.3 Å². The Hall–Kier alpha value is -1.13. The van der Waals surface area contributed by atoms with E-state index in [1.807, 2.05) is 6.92 Å². The molecule has 1 aliphatic rings. The first kappa shape index (κ1) is 12.3. The van der Waals surface area contributed by atoms with Gasteiger partial charge in [-0.15, -0.1) is 0 Å². The molecule has 2 atom stereocenters. The summed E-state index contributed by atoms with van der Waals surface area (Å²) in [6.07, 6.45) is 3.68. The number of aromatic nitrogens is 1. The van der Waals surface area contributed by atoms with Crippen LogP contribution in [0, 0.1) is 6.92 Å². The molecule has 0 aromatic carbocycles. The number of nitrogens with one attached hydrogen (secondary N) is 1. The molecule has 0 spiro atoms. The Morgan fingerprint density at radius 1 is 1.41 bits per heavy atom. The number of pyridine rings is 1. The van der Waals surface area contributed by atoms with Gasteiger partial charge in [-0.2, -0.15) is 0 Å². The fraction of sp³-hybridized carbons (Fsp3) is 0.615. The molecule has 0 amide bonds. The number of aliphatic hydroxyl groups excluding tert-OH is 1. The van der Waals surface area contributed by atoms with Crippen LogP contribution in [0.2, 0.25) is 0 Å². The van der Waals surface area contributed by atoms with Crippen LogP contribution in [0.5, 0.6) is 5.75 Å². The number of aryl methyl sites for hydroxylation is 1. The van der Waals surface area contributed by atoms with Crippen LogP contribution in [0.3, 0.4) is 0 Å². The molecule has 1 fully saturated rings. The van der Waals surface area contributed by atoms with Crippen LogP contribution in [0.25, 0.3) is 0 Å². The lowest BCUT2D eigenvalue weighted by Gasteiger charge is -2.26. The summed E-state index contributed by atoms with van der Waals surface area (Å²) in [5.74, 6) is 0.236. The van der Waals surface area contributed by atoms with Crippen LogP contribution in [0.1, 0.15) is 37.1 Å². The molecule has 1 saturated carbocycles. The zero-order valence-corrected chi connectivity index (χ0v) is 10.2. The molecular formula is C13H20N2O2. The van der Waals surface area contributed by atoms with Gasteiger partial charge in [0.05, 0.1) is 11.8 Å². The molecule has 0 radical (unpaired) electrons. The van der Waals surface area contributed by atoms with Gasteiger partial charge in [0.15, 0.2) is 0 Å². The van der Waals surface area contributed by atoms with Gasteiger partial charge in [0.1, 0.15) is 5.75 Å². The van der Waals surface area contributed by atoms with Gasteiger partial charge in [-0.05, 0) is 44.7 Å². The van der Waals surface area contributed by atoms with Crippen LogP contribution in [-0.2, 0) is 6.54 Å². The van der Waals surface area contributed by atoms with Crippen molar-refractivity contribution in [3.8, 4) is 5.75 Å². The average molecular weight is 236 g/mol. The highest BCUT2D eigenvalue weighted by Crippen LogP contribution is 2.20. The Kier molecular flexibility index (Phi) is 3.97. The summed E-state index contributed by atoms with van der Waals surface area (Å²) >= 11 is 0. The average Bonchev–Trinajstić information content (AvgIpc) is 2.30. The van der Waals surface area contributed by atoms with Gasteiger partial charge in [-0.3, -0.25) is 4.98 Å². The summed E-state index contributed by atoms with van der Waals surface area (Å²) in [5.41, 5.74) is 1.59. The molecule has 1 aromatic rings. The summed E-state index contributed by atoms with van der Waals surface area (Å²) in [6, 6.07) is 3.80. The maximum Gasteiger partial charge on any atom is 0.138 e. The highest BCUT2D eigenvalue weighted by molar-refractivity contribution is 5.27. The van der Waals surface area contributed by atoms with E-state index in [0.29, 0.717) is 18.3 Å². The van der Waals surface area contributed by atoms with E-state index in [9.17, 15) is 10.2 Å². The van der Waals surface area contributed by atoms with Gasteiger partial charge in [-0.1, -0.05) is 0 Å². The first-order chi connectivity index (χ1) is 8.15. The molecule has 4 nitrogen and oxygen atoms in total. The van der Waals surface area contributed by atoms with Gasteiger partial charge >= 0.3 is 0 Å². The Balaban J connectivity index is 1.90. The number of hydrogen-bond acceptors (Lipinski definition) is 4. The number of nitrogens with zero attached hydrogens (tertiary/aromatic N) is 1. The van der Waals surface area contributed by atoms with Crippen molar-refractivity contribution in [2.75, 3.05) is 0 Å². The first-order valence-corrected chi connectivity index (χ1v) is 6.22. The van der Waals surface area contributed by atoms with E-state index in [1.54, 1.807) is 12.1 Å². The molecule has 0 saturated heterocycles.